The normalized spacial score (nSPS) is 17.9. The lowest BCUT2D eigenvalue weighted by Crippen LogP contribution is -2.74. The fourth-order valence-corrected chi connectivity index (χ4v) is 3.52. The number of Topliss-reactive ketones (excluding diaryl/α,β-unsaturated/α-hetero) is 1. The van der Waals surface area contributed by atoms with Crippen LogP contribution in [0.3, 0.4) is 0 Å². The van der Waals surface area contributed by atoms with Gasteiger partial charge in [0.05, 0.1) is 22.9 Å². The van der Waals surface area contributed by atoms with Crippen LogP contribution in [0.4, 0.5) is 0 Å². The monoisotopic (exact) mass is 508 g/mol. The Bertz CT molecular complexity index is 1360. The van der Waals surface area contributed by atoms with Crippen molar-refractivity contribution in [2.45, 2.75) is 0 Å². The molecule has 0 unspecified atom stereocenters. The Morgan fingerprint density at radius 2 is 1.81 bits per heavy atom. The number of amidine groups is 1. The Kier molecular flexibility index (Phi) is 7.04. The molecule has 0 amide bonds. The lowest BCUT2D eigenvalue weighted by Gasteiger charge is -2.11. The van der Waals surface area contributed by atoms with E-state index in [4.69, 9.17) is 14.3 Å². The maximum absolute atomic E-state index is 12.0. The van der Waals surface area contributed by atoms with Crippen LogP contribution in [0, 0.1) is 12.2 Å². The number of aldehydes is 1. The number of allylic oxidation sites excluding steroid dienone is 4. The SMILES string of the molecule is C=C1[NH+]=C(N=NC2=C(S(=O)(=O)O)[C+]=C(S(=O)(=O)O)[C+]=C2)C(COP(=O)(O)O)=C(C=O)C1=O. The molecule has 1 aliphatic carbocycles. The van der Waals surface area contributed by atoms with E-state index in [0.29, 0.717) is 6.08 Å². The average molecular weight is 508 g/mol. The molecule has 0 fully saturated rings. The van der Waals surface area contributed by atoms with Crippen molar-refractivity contribution in [3.8, 4) is 0 Å². The zero-order chi connectivity index (χ0) is 24.5. The van der Waals surface area contributed by atoms with Crippen molar-refractivity contribution in [2.75, 3.05) is 6.61 Å². The van der Waals surface area contributed by atoms with E-state index < -0.39 is 78.6 Å². The van der Waals surface area contributed by atoms with E-state index in [1.54, 1.807) is 6.08 Å². The highest BCUT2D eigenvalue weighted by Crippen LogP contribution is 2.36. The lowest BCUT2D eigenvalue weighted by atomic mass is 10.0. The molecule has 0 aromatic carbocycles. The van der Waals surface area contributed by atoms with Gasteiger partial charge >= 0.3 is 49.4 Å². The summed E-state index contributed by atoms with van der Waals surface area (Å²) in [5, 5.41) is 6.96. The van der Waals surface area contributed by atoms with E-state index in [0.717, 1.165) is 0 Å². The maximum Gasteiger partial charge on any atom is 0.469 e. The minimum atomic E-state index is -5.15. The van der Waals surface area contributed by atoms with Crippen LogP contribution in [0.15, 0.2) is 55.2 Å². The Morgan fingerprint density at radius 1 is 1.19 bits per heavy atom. The van der Waals surface area contributed by atoms with Crippen molar-refractivity contribution in [3.05, 3.63) is 57.2 Å². The molecule has 2 rings (SSSR count). The van der Waals surface area contributed by atoms with Crippen molar-refractivity contribution < 1.29 is 59.4 Å². The van der Waals surface area contributed by atoms with Gasteiger partial charge in [0, 0.05) is 0 Å². The number of hydrogen-bond acceptors (Lipinski definition) is 10. The Balaban J connectivity index is 2.61. The third-order valence-corrected chi connectivity index (χ3v) is 5.50. The number of rotatable bonds is 7. The molecule has 0 aromatic heterocycles. The van der Waals surface area contributed by atoms with Crippen LogP contribution in [0.5, 0.6) is 0 Å². The third kappa shape index (κ3) is 6.06. The topological polar surface area (TPSA) is 248 Å². The molecular formula is C14H11N3O12PS2+3. The molecular weight excluding hydrogens is 497 g/mol. The molecule has 0 spiro atoms. The van der Waals surface area contributed by atoms with Crippen molar-refractivity contribution in [1.82, 2.24) is 0 Å². The second kappa shape index (κ2) is 8.90. The highest BCUT2D eigenvalue weighted by atomic mass is 32.2. The van der Waals surface area contributed by atoms with Gasteiger partial charge in [-0.15, -0.1) is 0 Å². The first-order chi connectivity index (χ1) is 14.5. The number of azo groups is 1. The van der Waals surface area contributed by atoms with Crippen LogP contribution in [-0.2, 0) is 38.9 Å². The summed E-state index contributed by atoms with van der Waals surface area (Å²) in [7, 11) is -15.2. The largest absolute Gasteiger partial charge is 0.469 e. The summed E-state index contributed by atoms with van der Waals surface area (Å²) >= 11 is 0. The van der Waals surface area contributed by atoms with Gasteiger partial charge in [0.15, 0.2) is 12.0 Å². The quantitative estimate of drug-likeness (QED) is 0.0462. The van der Waals surface area contributed by atoms with Gasteiger partial charge in [0.25, 0.3) is 12.2 Å². The van der Waals surface area contributed by atoms with Gasteiger partial charge in [0.2, 0.25) is 11.9 Å². The number of carbonyl (C=O) groups is 2. The molecule has 2 aliphatic rings. The number of phosphoric ester groups is 1. The number of ketones is 1. The molecule has 1 aliphatic heterocycles. The Hall–Kier alpha value is -2.94. The average Bonchev–Trinajstić information content (AvgIpc) is 2.65. The molecule has 0 aromatic rings. The number of carbonyl (C=O) groups excluding carboxylic acids is 2. The van der Waals surface area contributed by atoms with Gasteiger partial charge in [-0.1, -0.05) is 0 Å². The van der Waals surface area contributed by atoms with Gasteiger partial charge in [-0.05, 0) is 6.58 Å². The minimum absolute atomic E-state index is 0.0360. The molecule has 5 N–H and O–H groups in total. The molecule has 0 saturated heterocycles. The molecule has 18 heteroatoms. The number of nitrogens with one attached hydrogen (secondary N) is 1. The summed E-state index contributed by atoms with van der Waals surface area (Å²) in [5.74, 6) is -1.48. The van der Waals surface area contributed by atoms with E-state index >= 15 is 0 Å². The third-order valence-electron chi connectivity index (χ3n) is 3.47. The van der Waals surface area contributed by atoms with Crippen LogP contribution in [0.1, 0.15) is 0 Å². The minimum Gasteiger partial charge on any atom is -0.303 e. The van der Waals surface area contributed by atoms with E-state index in [1.165, 1.54) is 0 Å². The summed E-state index contributed by atoms with van der Waals surface area (Å²) in [6.45, 7) is 2.31. The predicted octanol–water partition coefficient (Wildman–Crippen LogP) is -2.33. The van der Waals surface area contributed by atoms with Crippen LogP contribution in [-0.4, -0.2) is 60.2 Å². The first-order valence-corrected chi connectivity index (χ1v) is 12.1. The Morgan fingerprint density at radius 3 is 2.31 bits per heavy atom. The summed E-state index contributed by atoms with van der Waals surface area (Å²) in [6, 6.07) is 0. The first kappa shape index (κ1) is 25.3. The van der Waals surface area contributed by atoms with Gasteiger partial charge in [-0.2, -0.15) is 16.8 Å². The fourth-order valence-electron chi connectivity index (χ4n) is 2.12. The summed E-state index contributed by atoms with van der Waals surface area (Å²) in [6.07, 6.45) is 4.28. The van der Waals surface area contributed by atoms with Crippen molar-refractivity contribution in [3.63, 3.8) is 0 Å². The second-order valence-corrected chi connectivity index (χ2v) is 9.62. The highest BCUT2D eigenvalue weighted by molar-refractivity contribution is 7.91. The molecule has 15 nitrogen and oxygen atoms in total. The van der Waals surface area contributed by atoms with E-state index in [9.17, 15) is 35.5 Å². The fraction of sp³-hybridized carbons (Fsp3) is 0.0714. The van der Waals surface area contributed by atoms with Crippen molar-refractivity contribution >= 4 is 46.0 Å². The summed E-state index contributed by atoms with van der Waals surface area (Å²) in [4.78, 5) is 41.0. The molecule has 0 atom stereocenters. The van der Waals surface area contributed by atoms with E-state index in [-0.39, 0.29) is 6.29 Å². The molecule has 0 bridgehead atoms. The maximum atomic E-state index is 12.0. The second-order valence-electron chi connectivity index (χ2n) is 5.66. The number of phosphoric acid groups is 1. The van der Waals surface area contributed by atoms with Crippen molar-refractivity contribution in [2.24, 2.45) is 10.2 Å². The summed E-state index contributed by atoms with van der Waals surface area (Å²) < 4.78 is 78.9. The van der Waals surface area contributed by atoms with Crippen LogP contribution in [0.25, 0.3) is 0 Å². The summed E-state index contributed by atoms with van der Waals surface area (Å²) in [5.41, 5.74) is -2.29. The van der Waals surface area contributed by atoms with E-state index in [1.807, 2.05) is 6.08 Å². The molecule has 32 heavy (non-hydrogen) atoms. The zero-order valence-electron chi connectivity index (χ0n) is 15.3. The zero-order valence-corrected chi connectivity index (χ0v) is 17.8. The van der Waals surface area contributed by atoms with Gasteiger partial charge in [-0.25, -0.2) is 9.56 Å². The Labute approximate surface area is 179 Å². The van der Waals surface area contributed by atoms with Gasteiger partial charge in [-0.3, -0.25) is 23.2 Å². The van der Waals surface area contributed by atoms with E-state index in [2.05, 4.69) is 26.3 Å². The number of hydrogen-bond donors (Lipinski definition) is 5. The number of nitrogens with zero attached hydrogens (tertiary/aromatic N) is 2. The van der Waals surface area contributed by atoms with Crippen molar-refractivity contribution in [1.29, 1.82) is 0 Å². The van der Waals surface area contributed by atoms with Crippen LogP contribution >= 0.6 is 7.82 Å². The molecule has 0 radical (unpaired) electrons. The highest BCUT2D eigenvalue weighted by Gasteiger charge is 2.46. The smallest absolute Gasteiger partial charge is 0.303 e. The molecule has 0 saturated carbocycles. The standard InChI is InChI=1S/C14H8N3O12PS2/c1-7-13(19)9(5-18)10(6-29-30(20,21)22)14(15-7)17-16-11-3-2-8(31(23,24)25)4-12(11)32(26,27)28/h3,5H,1,6H2,(H2-2,20,21,22,23,24,25,26,27,28)/p+3. The molecule has 1 heterocycles. The lowest BCUT2D eigenvalue weighted by molar-refractivity contribution is -0.391. The molecule has 168 valence electrons. The van der Waals surface area contributed by atoms with Crippen LogP contribution < -0.4 is 4.99 Å². The van der Waals surface area contributed by atoms with Gasteiger partial charge < -0.3 is 9.79 Å². The predicted molar refractivity (Wildman–Crippen MR) is 101 cm³/mol. The van der Waals surface area contributed by atoms with Crippen LogP contribution in [0.2, 0.25) is 0 Å². The van der Waals surface area contributed by atoms with Gasteiger partial charge in [0.1, 0.15) is 5.11 Å². The first-order valence-electron chi connectivity index (χ1n) is 7.65.